The highest BCUT2D eigenvalue weighted by Gasteiger charge is 2.12. The maximum absolute atomic E-state index is 10.2. The van der Waals surface area contributed by atoms with Crippen LogP contribution in [0.5, 0.6) is 0 Å². The molecule has 0 spiro atoms. The van der Waals surface area contributed by atoms with Crippen molar-refractivity contribution >= 4 is 11.6 Å². The van der Waals surface area contributed by atoms with Crippen LogP contribution in [0.4, 0.5) is 0 Å². The highest BCUT2D eigenvalue weighted by molar-refractivity contribution is 6.31. The van der Waals surface area contributed by atoms with Crippen LogP contribution in [0.1, 0.15) is 28.5 Å². The molecule has 0 radical (unpaired) electrons. The number of hydrogen-bond acceptors (Lipinski definition) is 2. The molecule has 0 saturated carbocycles. The van der Waals surface area contributed by atoms with E-state index in [0.717, 1.165) is 16.7 Å². The molecular formula is C14H14ClNO. The number of rotatable bonds is 2. The zero-order chi connectivity index (χ0) is 12.4. The first-order chi connectivity index (χ1) is 8.08. The molecular weight excluding hydrogens is 234 g/mol. The van der Waals surface area contributed by atoms with Crippen LogP contribution in [0.2, 0.25) is 5.02 Å². The molecule has 0 saturated heterocycles. The number of hydrogen-bond donors (Lipinski definition) is 1. The van der Waals surface area contributed by atoms with Crippen LogP contribution in [-0.4, -0.2) is 10.1 Å². The molecule has 3 heteroatoms. The molecule has 1 unspecified atom stereocenters. The van der Waals surface area contributed by atoms with Crippen molar-refractivity contribution in [3.8, 4) is 0 Å². The Labute approximate surface area is 106 Å². The first-order valence-corrected chi connectivity index (χ1v) is 5.82. The van der Waals surface area contributed by atoms with E-state index in [1.165, 1.54) is 0 Å². The maximum Gasteiger partial charge on any atom is 0.121 e. The summed E-state index contributed by atoms with van der Waals surface area (Å²) in [5.41, 5.74) is 3.47. The molecule has 1 atom stereocenters. The molecule has 17 heavy (non-hydrogen) atoms. The van der Waals surface area contributed by atoms with E-state index < -0.39 is 6.10 Å². The van der Waals surface area contributed by atoms with Gasteiger partial charge in [0.05, 0.1) is 5.69 Å². The Morgan fingerprint density at radius 2 is 1.94 bits per heavy atom. The third-order valence-electron chi connectivity index (χ3n) is 2.73. The lowest BCUT2D eigenvalue weighted by Gasteiger charge is -2.11. The van der Waals surface area contributed by atoms with Gasteiger partial charge in [0.2, 0.25) is 0 Å². The van der Waals surface area contributed by atoms with Crippen molar-refractivity contribution < 1.29 is 5.11 Å². The zero-order valence-electron chi connectivity index (χ0n) is 9.81. The van der Waals surface area contributed by atoms with E-state index in [2.05, 4.69) is 4.98 Å². The van der Waals surface area contributed by atoms with Gasteiger partial charge in [-0.2, -0.15) is 0 Å². The zero-order valence-corrected chi connectivity index (χ0v) is 10.6. The smallest absolute Gasteiger partial charge is 0.121 e. The van der Waals surface area contributed by atoms with Gasteiger partial charge in [-0.05, 0) is 42.7 Å². The van der Waals surface area contributed by atoms with Gasteiger partial charge in [-0.15, -0.1) is 0 Å². The van der Waals surface area contributed by atoms with Crippen LogP contribution in [0, 0.1) is 13.8 Å². The van der Waals surface area contributed by atoms with Gasteiger partial charge < -0.3 is 5.11 Å². The Morgan fingerprint density at radius 1 is 1.18 bits per heavy atom. The van der Waals surface area contributed by atoms with Crippen LogP contribution in [0.15, 0.2) is 36.5 Å². The average Bonchev–Trinajstić information content (AvgIpc) is 2.33. The van der Waals surface area contributed by atoms with Crippen molar-refractivity contribution in [1.29, 1.82) is 0 Å². The summed E-state index contributed by atoms with van der Waals surface area (Å²) in [6.45, 7) is 3.90. The number of nitrogens with zero attached hydrogens (tertiary/aromatic N) is 1. The molecule has 0 aliphatic rings. The standard InChI is InChI=1S/C14H14ClNO/c1-9-3-6-13(16-8-9)14(17)11-5-4-10(2)12(15)7-11/h3-8,14,17H,1-2H3. The summed E-state index contributed by atoms with van der Waals surface area (Å²) in [7, 11) is 0. The quantitative estimate of drug-likeness (QED) is 0.882. The predicted octanol–water partition coefficient (Wildman–Crippen LogP) is 3.43. The summed E-state index contributed by atoms with van der Waals surface area (Å²) in [4.78, 5) is 4.21. The Balaban J connectivity index is 2.33. The van der Waals surface area contributed by atoms with Crippen molar-refractivity contribution in [2.24, 2.45) is 0 Å². The van der Waals surface area contributed by atoms with Crippen LogP contribution in [0.3, 0.4) is 0 Å². The molecule has 1 aromatic heterocycles. The third-order valence-corrected chi connectivity index (χ3v) is 3.13. The normalized spacial score (nSPS) is 12.5. The Morgan fingerprint density at radius 3 is 2.53 bits per heavy atom. The number of benzene rings is 1. The van der Waals surface area contributed by atoms with Crippen molar-refractivity contribution in [1.82, 2.24) is 4.98 Å². The van der Waals surface area contributed by atoms with Crippen LogP contribution in [-0.2, 0) is 0 Å². The second kappa shape index (κ2) is 4.86. The maximum atomic E-state index is 10.2. The molecule has 2 aromatic rings. The summed E-state index contributed by atoms with van der Waals surface area (Å²) in [6.07, 6.45) is 1.02. The van der Waals surface area contributed by atoms with Crippen molar-refractivity contribution in [2.45, 2.75) is 20.0 Å². The average molecular weight is 248 g/mol. The second-order valence-electron chi connectivity index (χ2n) is 4.17. The SMILES string of the molecule is Cc1ccc(C(O)c2ccc(C)c(Cl)c2)nc1. The molecule has 1 heterocycles. The van der Waals surface area contributed by atoms with Gasteiger partial charge >= 0.3 is 0 Å². The number of aromatic nitrogens is 1. The first kappa shape index (κ1) is 12.1. The third kappa shape index (κ3) is 2.65. The van der Waals surface area contributed by atoms with Gasteiger partial charge in [0.15, 0.2) is 0 Å². The van der Waals surface area contributed by atoms with Gasteiger partial charge in [0.1, 0.15) is 6.10 Å². The second-order valence-corrected chi connectivity index (χ2v) is 4.58. The highest BCUT2D eigenvalue weighted by atomic mass is 35.5. The summed E-state index contributed by atoms with van der Waals surface area (Å²) < 4.78 is 0. The number of aliphatic hydroxyl groups is 1. The van der Waals surface area contributed by atoms with Crippen LogP contribution in [0.25, 0.3) is 0 Å². The van der Waals surface area contributed by atoms with Crippen molar-refractivity contribution in [3.05, 3.63) is 63.9 Å². The van der Waals surface area contributed by atoms with Gasteiger partial charge in [0, 0.05) is 11.2 Å². The van der Waals surface area contributed by atoms with Gasteiger partial charge in [-0.1, -0.05) is 29.8 Å². The first-order valence-electron chi connectivity index (χ1n) is 5.44. The minimum absolute atomic E-state index is 0.635. The van der Waals surface area contributed by atoms with E-state index in [-0.39, 0.29) is 0 Å². The van der Waals surface area contributed by atoms with Gasteiger partial charge in [0.25, 0.3) is 0 Å². The molecule has 2 nitrogen and oxygen atoms in total. The molecule has 0 bridgehead atoms. The number of halogens is 1. The molecule has 88 valence electrons. The van der Waals surface area contributed by atoms with Gasteiger partial charge in [-0.3, -0.25) is 4.98 Å². The fraction of sp³-hybridized carbons (Fsp3) is 0.214. The van der Waals surface area contributed by atoms with Crippen molar-refractivity contribution in [3.63, 3.8) is 0 Å². The lowest BCUT2D eigenvalue weighted by molar-refractivity contribution is 0.215. The summed E-state index contributed by atoms with van der Waals surface area (Å²) in [5, 5.41) is 10.8. The Hall–Kier alpha value is -1.38. The van der Waals surface area contributed by atoms with Crippen LogP contribution >= 0.6 is 11.6 Å². The lowest BCUT2D eigenvalue weighted by atomic mass is 10.0. The summed E-state index contributed by atoms with van der Waals surface area (Å²) in [6, 6.07) is 9.31. The number of pyridine rings is 1. The van der Waals surface area contributed by atoms with E-state index in [1.54, 1.807) is 12.3 Å². The topological polar surface area (TPSA) is 33.1 Å². The number of aliphatic hydroxyl groups excluding tert-OH is 1. The van der Waals surface area contributed by atoms with Crippen molar-refractivity contribution in [2.75, 3.05) is 0 Å². The highest BCUT2D eigenvalue weighted by Crippen LogP contribution is 2.25. The fourth-order valence-electron chi connectivity index (χ4n) is 1.59. The monoisotopic (exact) mass is 247 g/mol. The molecule has 1 aromatic carbocycles. The molecule has 2 rings (SSSR count). The Bertz CT molecular complexity index is 522. The van der Waals surface area contributed by atoms with E-state index in [4.69, 9.17) is 11.6 Å². The minimum Gasteiger partial charge on any atom is -0.382 e. The molecule has 1 N–H and O–H groups in total. The van der Waals surface area contributed by atoms with E-state index in [0.29, 0.717) is 10.7 Å². The summed E-state index contributed by atoms with van der Waals surface area (Å²) >= 11 is 6.04. The van der Waals surface area contributed by atoms with Gasteiger partial charge in [-0.25, -0.2) is 0 Å². The predicted molar refractivity (Wildman–Crippen MR) is 69.2 cm³/mol. The van der Waals surface area contributed by atoms with E-state index in [1.807, 2.05) is 38.1 Å². The largest absolute Gasteiger partial charge is 0.382 e. The number of aryl methyl sites for hydroxylation is 2. The van der Waals surface area contributed by atoms with Crippen LogP contribution < -0.4 is 0 Å². The summed E-state index contributed by atoms with van der Waals surface area (Å²) in [5.74, 6) is 0. The van der Waals surface area contributed by atoms with E-state index in [9.17, 15) is 5.11 Å². The Kier molecular flexibility index (Phi) is 3.46. The molecule has 0 aliphatic carbocycles. The molecule has 0 amide bonds. The molecule has 0 aliphatic heterocycles. The minimum atomic E-state index is -0.728. The van der Waals surface area contributed by atoms with E-state index >= 15 is 0 Å². The molecule has 0 fully saturated rings. The lowest BCUT2D eigenvalue weighted by Crippen LogP contribution is -2.02. The fourth-order valence-corrected chi connectivity index (χ4v) is 1.78.